The van der Waals surface area contributed by atoms with Gasteiger partial charge in [0.15, 0.2) is 5.69 Å². The van der Waals surface area contributed by atoms with Crippen LogP contribution >= 0.6 is 0 Å². The molecule has 0 saturated heterocycles. The Balaban J connectivity index is 1.56. The summed E-state index contributed by atoms with van der Waals surface area (Å²) < 4.78 is 5.12. The number of hydrogen-bond acceptors (Lipinski definition) is 5. The van der Waals surface area contributed by atoms with Crippen LogP contribution in [0.2, 0.25) is 0 Å². The molecule has 1 aromatic carbocycles. The minimum absolute atomic E-state index is 0.156. The van der Waals surface area contributed by atoms with E-state index in [9.17, 15) is 9.59 Å². The zero-order chi connectivity index (χ0) is 17.6. The molecule has 0 saturated carbocycles. The molecule has 2 aromatic heterocycles. The standard InChI is InChI=1S/C17H17N5O3/c1-12-16(21-22(20-12)13-6-3-2-4-7-13)17(24)19-11-15(23)18-10-14-8-5-9-25-14/h2-9H,10-11H2,1H3,(H,18,23)(H,19,24). The van der Waals surface area contributed by atoms with Crippen LogP contribution in [-0.2, 0) is 11.3 Å². The molecule has 0 aliphatic rings. The molecule has 25 heavy (non-hydrogen) atoms. The fourth-order valence-electron chi connectivity index (χ4n) is 2.17. The first-order valence-electron chi connectivity index (χ1n) is 7.70. The van der Waals surface area contributed by atoms with Crippen LogP contribution < -0.4 is 10.6 Å². The fourth-order valence-corrected chi connectivity index (χ4v) is 2.17. The number of amides is 2. The lowest BCUT2D eigenvalue weighted by molar-refractivity contribution is -0.120. The van der Waals surface area contributed by atoms with Crippen LogP contribution in [0, 0.1) is 6.92 Å². The van der Waals surface area contributed by atoms with Crippen LogP contribution in [0.1, 0.15) is 21.9 Å². The van der Waals surface area contributed by atoms with E-state index in [4.69, 9.17) is 4.42 Å². The highest BCUT2D eigenvalue weighted by Crippen LogP contribution is 2.07. The van der Waals surface area contributed by atoms with Crippen molar-refractivity contribution in [2.75, 3.05) is 6.54 Å². The molecular weight excluding hydrogens is 322 g/mol. The van der Waals surface area contributed by atoms with Gasteiger partial charge in [-0.15, -0.1) is 5.10 Å². The van der Waals surface area contributed by atoms with Crippen molar-refractivity contribution in [2.24, 2.45) is 0 Å². The maximum Gasteiger partial charge on any atom is 0.274 e. The third-order valence-corrected chi connectivity index (χ3v) is 3.43. The lowest BCUT2D eigenvalue weighted by Gasteiger charge is -2.04. The number of nitrogens with zero attached hydrogens (tertiary/aromatic N) is 3. The highest BCUT2D eigenvalue weighted by Gasteiger charge is 2.17. The van der Waals surface area contributed by atoms with Gasteiger partial charge in [-0.1, -0.05) is 18.2 Å². The topological polar surface area (TPSA) is 102 Å². The summed E-state index contributed by atoms with van der Waals surface area (Å²) in [5.74, 6) is -0.132. The van der Waals surface area contributed by atoms with Crippen molar-refractivity contribution in [1.29, 1.82) is 0 Å². The minimum Gasteiger partial charge on any atom is -0.467 e. The lowest BCUT2D eigenvalue weighted by Crippen LogP contribution is -2.37. The summed E-state index contributed by atoms with van der Waals surface area (Å²) in [5, 5.41) is 13.6. The van der Waals surface area contributed by atoms with Gasteiger partial charge in [-0.05, 0) is 31.2 Å². The molecule has 0 radical (unpaired) electrons. The molecule has 0 fully saturated rings. The van der Waals surface area contributed by atoms with E-state index in [1.54, 1.807) is 19.1 Å². The highest BCUT2D eigenvalue weighted by atomic mass is 16.3. The van der Waals surface area contributed by atoms with Crippen LogP contribution in [0.25, 0.3) is 5.69 Å². The summed E-state index contributed by atoms with van der Waals surface area (Å²) in [5.41, 5.74) is 1.42. The Kier molecular flexibility index (Phi) is 4.89. The summed E-state index contributed by atoms with van der Waals surface area (Å²) in [6.07, 6.45) is 1.53. The monoisotopic (exact) mass is 339 g/mol. The number of rotatable bonds is 6. The molecule has 3 aromatic rings. The average Bonchev–Trinajstić information content (AvgIpc) is 3.28. The lowest BCUT2D eigenvalue weighted by atomic mass is 10.3. The third kappa shape index (κ3) is 4.11. The van der Waals surface area contributed by atoms with Crippen molar-refractivity contribution in [2.45, 2.75) is 13.5 Å². The number of para-hydroxylation sites is 1. The van der Waals surface area contributed by atoms with Crippen LogP contribution in [0.3, 0.4) is 0 Å². The van der Waals surface area contributed by atoms with Crippen LogP contribution in [0.15, 0.2) is 53.1 Å². The van der Waals surface area contributed by atoms with E-state index in [0.29, 0.717) is 11.5 Å². The first kappa shape index (κ1) is 16.4. The Morgan fingerprint density at radius 2 is 1.88 bits per heavy atom. The van der Waals surface area contributed by atoms with Gasteiger partial charge in [-0.2, -0.15) is 9.90 Å². The SMILES string of the molecule is Cc1nn(-c2ccccc2)nc1C(=O)NCC(=O)NCc1ccco1. The van der Waals surface area contributed by atoms with Gasteiger partial charge in [0.25, 0.3) is 5.91 Å². The molecule has 0 bridgehead atoms. The van der Waals surface area contributed by atoms with Crippen LogP contribution in [0.5, 0.6) is 0 Å². The zero-order valence-electron chi connectivity index (χ0n) is 13.6. The first-order chi connectivity index (χ1) is 12.1. The van der Waals surface area contributed by atoms with Gasteiger partial charge in [-0.3, -0.25) is 9.59 Å². The Hall–Kier alpha value is -3.42. The predicted molar refractivity (Wildman–Crippen MR) is 89.0 cm³/mol. The second-order valence-corrected chi connectivity index (χ2v) is 5.30. The zero-order valence-corrected chi connectivity index (χ0v) is 13.6. The molecule has 8 nitrogen and oxygen atoms in total. The Labute approximate surface area is 143 Å². The summed E-state index contributed by atoms with van der Waals surface area (Å²) in [6, 6.07) is 12.8. The molecule has 0 unspecified atom stereocenters. The molecule has 3 rings (SSSR count). The highest BCUT2D eigenvalue weighted by molar-refractivity contribution is 5.95. The second kappa shape index (κ2) is 7.43. The van der Waals surface area contributed by atoms with E-state index >= 15 is 0 Å². The van der Waals surface area contributed by atoms with Gasteiger partial charge in [0.2, 0.25) is 5.91 Å². The number of carbonyl (C=O) groups excluding carboxylic acids is 2. The van der Waals surface area contributed by atoms with E-state index in [0.717, 1.165) is 5.69 Å². The van der Waals surface area contributed by atoms with Crippen molar-refractivity contribution >= 4 is 11.8 Å². The normalized spacial score (nSPS) is 10.4. The van der Waals surface area contributed by atoms with Gasteiger partial charge >= 0.3 is 0 Å². The molecular formula is C17H17N5O3. The van der Waals surface area contributed by atoms with E-state index < -0.39 is 5.91 Å². The quantitative estimate of drug-likeness (QED) is 0.703. The molecule has 2 amide bonds. The fraction of sp³-hybridized carbons (Fsp3) is 0.176. The maximum absolute atomic E-state index is 12.2. The number of benzene rings is 1. The Morgan fingerprint density at radius 1 is 1.08 bits per heavy atom. The van der Waals surface area contributed by atoms with Gasteiger partial charge in [0.1, 0.15) is 5.76 Å². The van der Waals surface area contributed by atoms with Crippen molar-refractivity contribution < 1.29 is 14.0 Å². The van der Waals surface area contributed by atoms with E-state index in [1.165, 1.54) is 11.1 Å². The molecule has 0 spiro atoms. The minimum atomic E-state index is -0.451. The Bertz CT molecular complexity index is 856. The van der Waals surface area contributed by atoms with E-state index in [-0.39, 0.29) is 24.7 Å². The summed E-state index contributed by atoms with van der Waals surface area (Å²) in [7, 11) is 0. The number of aromatic nitrogens is 3. The smallest absolute Gasteiger partial charge is 0.274 e. The van der Waals surface area contributed by atoms with Crippen molar-refractivity contribution in [1.82, 2.24) is 25.6 Å². The Morgan fingerprint density at radius 3 is 2.60 bits per heavy atom. The van der Waals surface area contributed by atoms with E-state index in [2.05, 4.69) is 20.8 Å². The average molecular weight is 339 g/mol. The van der Waals surface area contributed by atoms with Crippen molar-refractivity contribution in [3.8, 4) is 5.69 Å². The maximum atomic E-state index is 12.2. The second-order valence-electron chi connectivity index (χ2n) is 5.30. The largest absolute Gasteiger partial charge is 0.467 e. The summed E-state index contributed by atoms with van der Waals surface area (Å²) in [6.45, 7) is 1.81. The third-order valence-electron chi connectivity index (χ3n) is 3.43. The molecule has 2 N–H and O–H groups in total. The molecule has 8 heteroatoms. The van der Waals surface area contributed by atoms with Crippen molar-refractivity contribution in [3.63, 3.8) is 0 Å². The van der Waals surface area contributed by atoms with Crippen molar-refractivity contribution in [3.05, 3.63) is 65.9 Å². The summed E-state index contributed by atoms with van der Waals surface area (Å²) in [4.78, 5) is 25.4. The predicted octanol–water partition coefficient (Wildman–Crippen LogP) is 1.21. The summed E-state index contributed by atoms with van der Waals surface area (Å²) >= 11 is 0. The molecule has 128 valence electrons. The molecule has 0 atom stereocenters. The number of nitrogens with one attached hydrogen (secondary N) is 2. The van der Waals surface area contributed by atoms with Gasteiger partial charge in [0.05, 0.1) is 30.7 Å². The van der Waals surface area contributed by atoms with Gasteiger partial charge in [0, 0.05) is 0 Å². The van der Waals surface area contributed by atoms with Crippen LogP contribution in [0.4, 0.5) is 0 Å². The number of hydrogen-bond donors (Lipinski definition) is 2. The molecule has 0 aliphatic carbocycles. The number of furan rings is 1. The van der Waals surface area contributed by atoms with Crippen LogP contribution in [-0.4, -0.2) is 33.4 Å². The van der Waals surface area contributed by atoms with Gasteiger partial charge in [-0.25, -0.2) is 0 Å². The van der Waals surface area contributed by atoms with E-state index in [1.807, 2.05) is 30.3 Å². The number of aryl methyl sites for hydroxylation is 1. The number of carbonyl (C=O) groups is 2. The van der Waals surface area contributed by atoms with Gasteiger partial charge < -0.3 is 15.1 Å². The first-order valence-corrected chi connectivity index (χ1v) is 7.70. The molecule has 2 heterocycles. The molecule has 0 aliphatic heterocycles.